The van der Waals surface area contributed by atoms with Gasteiger partial charge in [0.2, 0.25) is 0 Å². The molecule has 2 rings (SSSR count). The highest BCUT2D eigenvalue weighted by molar-refractivity contribution is 6.31. The first kappa shape index (κ1) is 19.3. The zero-order valence-electron chi connectivity index (χ0n) is 14.2. The zero-order valence-corrected chi connectivity index (χ0v) is 15.7. The summed E-state index contributed by atoms with van der Waals surface area (Å²) in [6.45, 7) is 5.33. The Hall–Kier alpha value is -1.98. The highest BCUT2D eigenvalue weighted by Gasteiger charge is 2.34. The van der Waals surface area contributed by atoms with Crippen molar-refractivity contribution >= 4 is 35.6 Å². The first-order chi connectivity index (χ1) is 11.6. The Kier molecular flexibility index (Phi) is 5.80. The van der Waals surface area contributed by atoms with Gasteiger partial charge in [0.25, 0.3) is 0 Å². The Morgan fingerprint density at radius 3 is 2.44 bits per heavy atom. The largest absolute Gasteiger partial charge is 0.444 e. The number of dihydropyridines is 1. The van der Waals surface area contributed by atoms with Crippen molar-refractivity contribution in [2.75, 3.05) is 0 Å². The zero-order chi connectivity index (χ0) is 18.7. The van der Waals surface area contributed by atoms with E-state index in [1.54, 1.807) is 45.1 Å². The molecule has 5 nitrogen and oxygen atoms in total. The molecule has 0 bridgehead atoms. The molecule has 25 heavy (non-hydrogen) atoms. The number of halogens is 2. The van der Waals surface area contributed by atoms with Crippen LogP contribution in [-0.4, -0.2) is 23.6 Å². The van der Waals surface area contributed by atoms with Crippen molar-refractivity contribution in [3.05, 3.63) is 57.7 Å². The number of alkyl carbamates (subject to hydrolysis) is 1. The fourth-order valence-electron chi connectivity index (χ4n) is 2.34. The van der Waals surface area contributed by atoms with E-state index in [9.17, 15) is 9.59 Å². The van der Waals surface area contributed by atoms with Gasteiger partial charge in [-0.15, -0.1) is 0 Å². The number of hydrogen-bond acceptors (Lipinski definition) is 4. The standard InChI is InChI=1S/C18H20Cl2N2O3/c1-17(2,3)25-16(24)22-18(9-8-13(11-23)15(20)21-18)10-12-4-6-14(19)7-5-12/h4-9,11,21H,10H2,1-3H3,(H,22,24). The summed E-state index contributed by atoms with van der Waals surface area (Å²) >= 11 is 12.1. The van der Waals surface area contributed by atoms with Crippen LogP contribution in [0.5, 0.6) is 0 Å². The van der Waals surface area contributed by atoms with Gasteiger partial charge < -0.3 is 10.1 Å². The van der Waals surface area contributed by atoms with Gasteiger partial charge in [-0.25, -0.2) is 4.79 Å². The normalized spacial score (nSPS) is 20.0. The average Bonchev–Trinajstić information content (AvgIpc) is 2.48. The van der Waals surface area contributed by atoms with Crippen LogP contribution in [0.3, 0.4) is 0 Å². The van der Waals surface area contributed by atoms with E-state index in [0.29, 0.717) is 23.3 Å². The number of benzene rings is 1. The lowest BCUT2D eigenvalue weighted by molar-refractivity contribution is -0.104. The molecule has 2 N–H and O–H groups in total. The van der Waals surface area contributed by atoms with Crippen molar-refractivity contribution in [1.82, 2.24) is 10.6 Å². The Balaban J connectivity index is 2.27. The monoisotopic (exact) mass is 382 g/mol. The highest BCUT2D eigenvalue weighted by atomic mass is 35.5. The van der Waals surface area contributed by atoms with Gasteiger partial charge in [-0.3, -0.25) is 10.1 Å². The van der Waals surface area contributed by atoms with Gasteiger partial charge in [0.05, 0.1) is 0 Å². The Labute approximate surface area is 157 Å². The molecule has 1 unspecified atom stereocenters. The Bertz CT molecular complexity index is 721. The van der Waals surface area contributed by atoms with Crippen LogP contribution in [0.15, 0.2) is 47.1 Å². The number of amides is 1. The molecule has 0 radical (unpaired) electrons. The minimum Gasteiger partial charge on any atom is -0.444 e. The van der Waals surface area contributed by atoms with E-state index in [4.69, 9.17) is 27.9 Å². The van der Waals surface area contributed by atoms with E-state index in [2.05, 4.69) is 10.6 Å². The van der Waals surface area contributed by atoms with Crippen molar-refractivity contribution in [2.24, 2.45) is 0 Å². The third-order valence-electron chi connectivity index (χ3n) is 3.38. The van der Waals surface area contributed by atoms with E-state index in [-0.39, 0.29) is 5.16 Å². The molecule has 0 aliphatic carbocycles. The maximum absolute atomic E-state index is 12.3. The second-order valence-corrected chi connectivity index (χ2v) is 7.56. The summed E-state index contributed by atoms with van der Waals surface area (Å²) in [5.74, 6) is 0. The summed E-state index contributed by atoms with van der Waals surface area (Å²) in [5, 5.41) is 6.57. The number of rotatable bonds is 4. The smallest absolute Gasteiger partial charge is 0.409 e. The molecule has 0 fully saturated rings. The van der Waals surface area contributed by atoms with Gasteiger partial charge in [0.1, 0.15) is 16.4 Å². The molecule has 1 aromatic carbocycles. The van der Waals surface area contributed by atoms with E-state index in [1.807, 2.05) is 12.1 Å². The predicted octanol–water partition coefficient (Wildman–Crippen LogP) is 3.91. The van der Waals surface area contributed by atoms with Crippen LogP contribution in [0.2, 0.25) is 5.02 Å². The first-order valence-electron chi connectivity index (χ1n) is 7.70. The van der Waals surface area contributed by atoms with Crippen LogP contribution in [0.25, 0.3) is 0 Å². The van der Waals surface area contributed by atoms with Gasteiger partial charge in [0, 0.05) is 17.0 Å². The van der Waals surface area contributed by atoms with E-state index >= 15 is 0 Å². The van der Waals surface area contributed by atoms with Crippen molar-refractivity contribution in [1.29, 1.82) is 0 Å². The number of nitrogens with one attached hydrogen (secondary N) is 2. The molecule has 0 aromatic heterocycles. The molecule has 0 spiro atoms. The summed E-state index contributed by atoms with van der Waals surface area (Å²) in [4.78, 5) is 23.3. The quantitative estimate of drug-likeness (QED) is 0.611. The molecule has 134 valence electrons. The SMILES string of the molecule is CC(C)(C)OC(=O)NC1(Cc2ccc(Cl)cc2)C=CC(C=O)=C(Cl)N1. The molecule has 0 saturated carbocycles. The molecule has 1 atom stereocenters. The van der Waals surface area contributed by atoms with Crippen LogP contribution >= 0.6 is 23.2 Å². The van der Waals surface area contributed by atoms with Crippen molar-refractivity contribution in [2.45, 2.75) is 38.5 Å². The van der Waals surface area contributed by atoms with Crippen molar-refractivity contribution < 1.29 is 14.3 Å². The van der Waals surface area contributed by atoms with Crippen LogP contribution in [0, 0.1) is 0 Å². The molecule has 1 aromatic rings. The summed E-state index contributed by atoms with van der Waals surface area (Å²) in [6, 6.07) is 7.23. The molecular weight excluding hydrogens is 363 g/mol. The number of aldehydes is 1. The fraction of sp³-hybridized carbons (Fsp3) is 0.333. The number of carbonyl (C=O) groups is 2. The maximum Gasteiger partial charge on any atom is 0.409 e. The number of allylic oxidation sites excluding steroid dienone is 2. The summed E-state index contributed by atoms with van der Waals surface area (Å²) in [7, 11) is 0. The topological polar surface area (TPSA) is 67.4 Å². The van der Waals surface area contributed by atoms with Crippen LogP contribution in [0.4, 0.5) is 4.79 Å². The summed E-state index contributed by atoms with van der Waals surface area (Å²) < 4.78 is 5.34. The number of ether oxygens (including phenoxy) is 1. The number of hydrogen-bond donors (Lipinski definition) is 2. The third kappa shape index (κ3) is 5.51. The van der Waals surface area contributed by atoms with Crippen LogP contribution < -0.4 is 10.6 Å². The Morgan fingerprint density at radius 1 is 1.28 bits per heavy atom. The third-order valence-corrected chi connectivity index (χ3v) is 3.95. The predicted molar refractivity (Wildman–Crippen MR) is 98.5 cm³/mol. The molecule has 1 heterocycles. The van der Waals surface area contributed by atoms with Gasteiger partial charge >= 0.3 is 6.09 Å². The minimum absolute atomic E-state index is 0.155. The molecule has 7 heteroatoms. The van der Waals surface area contributed by atoms with Gasteiger partial charge in [0.15, 0.2) is 6.29 Å². The minimum atomic E-state index is -1.03. The van der Waals surface area contributed by atoms with Gasteiger partial charge in [-0.1, -0.05) is 35.3 Å². The lowest BCUT2D eigenvalue weighted by Gasteiger charge is -2.36. The average molecular weight is 383 g/mol. The molecule has 1 aliphatic heterocycles. The van der Waals surface area contributed by atoms with Crippen molar-refractivity contribution in [3.8, 4) is 0 Å². The van der Waals surface area contributed by atoms with Crippen LogP contribution in [0.1, 0.15) is 26.3 Å². The molecule has 1 aliphatic rings. The summed E-state index contributed by atoms with van der Waals surface area (Å²) in [5.41, 5.74) is -0.451. The fourth-order valence-corrected chi connectivity index (χ4v) is 2.74. The lowest BCUT2D eigenvalue weighted by Crippen LogP contribution is -2.60. The Morgan fingerprint density at radius 2 is 1.92 bits per heavy atom. The van der Waals surface area contributed by atoms with E-state index < -0.39 is 17.4 Å². The second-order valence-electron chi connectivity index (χ2n) is 6.75. The molecular formula is C18H20Cl2N2O3. The van der Waals surface area contributed by atoms with Gasteiger partial charge in [-0.05, 0) is 50.6 Å². The molecule has 0 saturated heterocycles. The molecule has 1 amide bonds. The van der Waals surface area contributed by atoms with E-state index in [1.165, 1.54) is 0 Å². The van der Waals surface area contributed by atoms with E-state index in [0.717, 1.165) is 5.56 Å². The second kappa shape index (κ2) is 7.50. The van der Waals surface area contributed by atoms with Gasteiger partial charge in [-0.2, -0.15) is 0 Å². The summed E-state index contributed by atoms with van der Waals surface area (Å²) in [6.07, 6.45) is 3.67. The van der Waals surface area contributed by atoms with Crippen LogP contribution in [-0.2, 0) is 16.0 Å². The lowest BCUT2D eigenvalue weighted by atomic mass is 9.96. The maximum atomic E-state index is 12.3. The van der Waals surface area contributed by atoms with Crippen molar-refractivity contribution in [3.63, 3.8) is 0 Å². The number of carbonyl (C=O) groups excluding carboxylic acids is 2. The first-order valence-corrected chi connectivity index (χ1v) is 8.46. The highest BCUT2D eigenvalue weighted by Crippen LogP contribution is 2.24.